The highest BCUT2D eigenvalue weighted by Gasteiger charge is 2.75. The van der Waals surface area contributed by atoms with Gasteiger partial charge in [-0.05, 0) is 93.7 Å². The second-order valence-corrected chi connectivity index (χ2v) is 18.8. The van der Waals surface area contributed by atoms with Crippen LogP contribution in [0, 0.1) is 40.9 Å². The van der Waals surface area contributed by atoms with Gasteiger partial charge in [0.15, 0.2) is 17.2 Å². The maximum Gasteiger partial charge on any atom is 0.536 e. The number of aliphatic hydroxyl groups is 2. The summed E-state index contributed by atoms with van der Waals surface area (Å²) in [5, 5.41) is 26.2. The molecule has 308 valence electrons. The van der Waals surface area contributed by atoms with Gasteiger partial charge in [-0.15, -0.1) is 6.42 Å². The molecule has 5 rings (SSSR count). The molecular formula is C39H52FNO13P2. The maximum atomic E-state index is 17.4. The Morgan fingerprint density at radius 2 is 1.79 bits per heavy atom. The summed E-state index contributed by atoms with van der Waals surface area (Å²) in [6, 6.07) is 5.01. The highest BCUT2D eigenvalue weighted by Crippen LogP contribution is 2.71. The molecule has 11 atom stereocenters. The Morgan fingerprint density at radius 3 is 2.45 bits per heavy atom. The largest absolute Gasteiger partial charge is 0.536 e. The minimum Gasteiger partial charge on any atom is -0.404 e. The summed E-state index contributed by atoms with van der Waals surface area (Å²) in [6.07, 6.45) is 12.7. The van der Waals surface area contributed by atoms with Crippen LogP contribution in [-0.4, -0.2) is 74.2 Å². The van der Waals surface area contributed by atoms with E-state index >= 15 is 4.39 Å². The van der Waals surface area contributed by atoms with Crippen LogP contribution in [0.5, 0.6) is 5.75 Å². The second-order valence-electron chi connectivity index (χ2n) is 15.9. The van der Waals surface area contributed by atoms with E-state index in [1.165, 1.54) is 42.5 Å². The van der Waals surface area contributed by atoms with Gasteiger partial charge in [-0.3, -0.25) is 23.8 Å². The molecule has 3 saturated carbocycles. The topological polar surface area (TPSA) is 215 Å². The first-order valence-corrected chi connectivity index (χ1v) is 21.9. The highest BCUT2D eigenvalue weighted by molar-refractivity contribution is 7.61. The molecule has 17 heteroatoms. The molecule has 4 aliphatic rings. The van der Waals surface area contributed by atoms with Gasteiger partial charge >= 0.3 is 15.6 Å². The first-order chi connectivity index (χ1) is 26.2. The number of unbranched alkanes of at least 4 members (excludes halogenated alkanes) is 3. The van der Waals surface area contributed by atoms with E-state index in [1.54, 1.807) is 20.8 Å². The number of halogens is 1. The van der Waals surface area contributed by atoms with Crippen molar-refractivity contribution in [2.75, 3.05) is 18.5 Å². The number of rotatable bonds is 17. The number of phosphoric ester groups is 2. The lowest BCUT2D eigenvalue weighted by atomic mass is 9.44. The van der Waals surface area contributed by atoms with Crippen molar-refractivity contribution in [3.8, 4) is 18.1 Å². The zero-order chi connectivity index (χ0) is 41.3. The molecule has 1 aromatic carbocycles. The molecule has 0 heterocycles. The molecule has 0 radical (unpaired) electrons. The van der Waals surface area contributed by atoms with Crippen molar-refractivity contribution in [2.45, 2.75) is 109 Å². The van der Waals surface area contributed by atoms with Crippen LogP contribution in [0.1, 0.15) is 85.5 Å². The number of allylic oxidation sites excluding steroid dienone is 4. The number of anilines is 1. The second kappa shape index (κ2) is 16.7. The lowest BCUT2D eigenvalue weighted by Gasteiger charge is -2.62. The van der Waals surface area contributed by atoms with Gasteiger partial charge in [0.1, 0.15) is 30.7 Å². The van der Waals surface area contributed by atoms with Gasteiger partial charge in [0.2, 0.25) is 5.91 Å². The number of ether oxygens (including phenoxy) is 1. The summed E-state index contributed by atoms with van der Waals surface area (Å²) in [6.45, 7) is 5.38. The average molecular weight is 824 g/mol. The molecule has 0 spiro atoms. The number of alkyl halides is 1. The van der Waals surface area contributed by atoms with E-state index in [-0.39, 0.29) is 43.1 Å². The van der Waals surface area contributed by atoms with Gasteiger partial charge in [0.25, 0.3) is 0 Å². The zero-order valence-corrected chi connectivity index (χ0v) is 33.8. The molecule has 0 aliphatic heterocycles. The van der Waals surface area contributed by atoms with Crippen LogP contribution in [0.4, 0.5) is 10.1 Å². The predicted molar refractivity (Wildman–Crippen MR) is 203 cm³/mol. The standard InChI is InChI=1S/C39H52FNO13P2/c1-6-8-9-10-11-29(7-2)51-24-35(45)41-27-13-15-30(16-14-27)53-56(49,50)54-55(47,48)52-23-34(44)39(46)25(3)20-32-31-17-12-26-21-28(42)18-19-36(26,4)38(31,40)33(43)22-37(32,39)5/h2,13-16,18-19,21,25,29,31-33,43,46H,6,8-12,17,20,22-24H2,1,3-5H3,(H,41,45)(H,47,48)(H,49,50)/t25-,29?,31+,32+,33+,36+,37+,38+,39+/m1/s1. The first kappa shape index (κ1) is 44.1. The van der Waals surface area contributed by atoms with Crippen LogP contribution >= 0.6 is 15.6 Å². The van der Waals surface area contributed by atoms with E-state index in [1.807, 2.05) is 0 Å². The molecule has 3 unspecified atom stereocenters. The number of ketones is 2. The number of nitrogens with one attached hydrogen (secondary N) is 1. The number of phosphoric acid groups is 2. The number of hydrogen-bond acceptors (Lipinski definition) is 11. The van der Waals surface area contributed by atoms with E-state index in [9.17, 15) is 43.5 Å². The summed E-state index contributed by atoms with van der Waals surface area (Å²) in [4.78, 5) is 58.9. The van der Waals surface area contributed by atoms with Crippen molar-refractivity contribution in [1.29, 1.82) is 0 Å². The Bertz CT molecular complexity index is 1880. The number of terminal acetylenes is 1. The number of amides is 1. The van der Waals surface area contributed by atoms with Crippen LogP contribution in [0.2, 0.25) is 0 Å². The van der Waals surface area contributed by atoms with Gasteiger partial charge in [-0.2, -0.15) is 4.31 Å². The van der Waals surface area contributed by atoms with Crippen LogP contribution in [-0.2, 0) is 37.1 Å². The smallest absolute Gasteiger partial charge is 0.404 e. The van der Waals surface area contributed by atoms with Crippen LogP contribution in [0.15, 0.2) is 48.1 Å². The fourth-order valence-electron chi connectivity index (χ4n) is 9.64. The third kappa shape index (κ3) is 8.42. The number of carbonyl (C=O) groups excluding carboxylic acids is 3. The molecule has 0 bridgehead atoms. The minimum absolute atomic E-state index is 0.189. The summed E-state index contributed by atoms with van der Waals surface area (Å²) in [7, 11) is -10.9. The number of Topliss-reactive ketones (excluding diaryl/α,β-unsaturated/α-hetero) is 1. The SMILES string of the molecule is C#CC(CCCCCC)OCC(=O)Nc1ccc(OP(=O)(O)OP(=O)(O)OCC(=O)[C@@]2(O)[C@H](C)C[C@H]3[C@@H]4CCC5=CC(=O)C=C[C@]5(C)[C@@]4(F)[C@@H](O)C[C@@]32C)cc1. The van der Waals surface area contributed by atoms with Gasteiger partial charge < -0.3 is 29.7 Å². The summed E-state index contributed by atoms with van der Waals surface area (Å²) >= 11 is 0. The summed E-state index contributed by atoms with van der Waals surface area (Å²) in [5.41, 5.74) is -6.29. The van der Waals surface area contributed by atoms with Crippen molar-refractivity contribution >= 4 is 38.8 Å². The molecule has 0 saturated heterocycles. The Morgan fingerprint density at radius 1 is 1.09 bits per heavy atom. The van der Waals surface area contributed by atoms with Crippen molar-refractivity contribution < 1.29 is 66.0 Å². The quantitative estimate of drug-likeness (QED) is 0.0679. The molecule has 0 aromatic heterocycles. The Kier molecular flexibility index (Phi) is 13.1. The Hall–Kier alpha value is -3.02. The van der Waals surface area contributed by atoms with E-state index in [0.717, 1.165) is 25.7 Å². The minimum atomic E-state index is -5.49. The fraction of sp³-hybridized carbons (Fsp3) is 0.615. The van der Waals surface area contributed by atoms with Gasteiger partial charge in [-0.1, -0.05) is 57.6 Å². The zero-order valence-electron chi connectivity index (χ0n) is 32.0. The number of benzene rings is 1. The van der Waals surface area contributed by atoms with Crippen molar-refractivity contribution in [3.63, 3.8) is 0 Å². The first-order valence-electron chi connectivity index (χ1n) is 18.9. The average Bonchev–Trinajstić information content (AvgIpc) is 3.32. The van der Waals surface area contributed by atoms with E-state index < -0.39 is 86.0 Å². The third-order valence-corrected chi connectivity index (χ3v) is 15.0. The molecule has 56 heavy (non-hydrogen) atoms. The number of hydrogen-bond donors (Lipinski definition) is 5. The predicted octanol–water partition coefficient (Wildman–Crippen LogP) is 6.14. The lowest BCUT2D eigenvalue weighted by Crippen LogP contribution is -2.69. The molecule has 4 aliphatic carbocycles. The normalized spacial score (nSPS) is 34.7. The highest BCUT2D eigenvalue weighted by atomic mass is 31.3. The van der Waals surface area contributed by atoms with Crippen molar-refractivity contribution in [1.82, 2.24) is 0 Å². The van der Waals surface area contributed by atoms with Gasteiger partial charge in [0, 0.05) is 22.4 Å². The van der Waals surface area contributed by atoms with E-state index in [2.05, 4.69) is 22.5 Å². The summed E-state index contributed by atoms with van der Waals surface area (Å²) < 4.78 is 62.6. The van der Waals surface area contributed by atoms with Crippen molar-refractivity contribution in [2.24, 2.45) is 28.6 Å². The molecular weight excluding hydrogens is 771 g/mol. The lowest BCUT2D eigenvalue weighted by molar-refractivity contribution is -0.219. The summed E-state index contributed by atoms with van der Waals surface area (Å²) in [5.74, 6) is -1.80. The number of aliphatic hydroxyl groups excluding tert-OH is 1. The fourth-order valence-corrected chi connectivity index (χ4v) is 11.7. The molecule has 14 nitrogen and oxygen atoms in total. The van der Waals surface area contributed by atoms with Crippen LogP contribution < -0.4 is 9.84 Å². The van der Waals surface area contributed by atoms with E-state index in [4.69, 9.17) is 20.2 Å². The monoisotopic (exact) mass is 823 g/mol. The molecule has 1 amide bonds. The van der Waals surface area contributed by atoms with Crippen LogP contribution in [0.25, 0.3) is 0 Å². The van der Waals surface area contributed by atoms with Gasteiger partial charge in [-0.25, -0.2) is 13.5 Å². The Labute approximate surface area is 326 Å². The molecule has 1 aromatic rings. The molecule has 5 N–H and O–H groups in total. The van der Waals surface area contributed by atoms with Crippen molar-refractivity contribution in [3.05, 3.63) is 48.1 Å². The maximum absolute atomic E-state index is 17.4. The van der Waals surface area contributed by atoms with Crippen LogP contribution in [0.3, 0.4) is 0 Å². The number of carbonyl (C=O) groups is 3. The van der Waals surface area contributed by atoms with Gasteiger partial charge in [0.05, 0.1) is 6.10 Å². The van der Waals surface area contributed by atoms with E-state index in [0.29, 0.717) is 18.4 Å². The number of fused-ring (bicyclic) bond motifs is 5. The molecule has 3 fully saturated rings. The third-order valence-electron chi connectivity index (χ3n) is 12.5. The Balaban J connectivity index is 1.17.